The topological polar surface area (TPSA) is 96.5 Å². The number of carbonyl (C=O) groups is 2. The fourth-order valence-electron chi connectivity index (χ4n) is 4.66. The van der Waals surface area contributed by atoms with Gasteiger partial charge in [-0.3, -0.25) is 9.59 Å². The molecule has 4 aromatic rings. The molecule has 8 heteroatoms. The van der Waals surface area contributed by atoms with Gasteiger partial charge in [0.1, 0.15) is 22.7 Å². The number of aromatic nitrogens is 2. The Morgan fingerprint density at radius 2 is 1.88 bits per heavy atom. The molecule has 6 rings (SSSR count). The van der Waals surface area contributed by atoms with Gasteiger partial charge in [0.25, 0.3) is 5.91 Å². The Morgan fingerprint density at radius 3 is 2.62 bits per heavy atom. The third kappa shape index (κ3) is 3.14. The number of para-hydroxylation sites is 1. The summed E-state index contributed by atoms with van der Waals surface area (Å²) in [6.45, 7) is 0.794. The Morgan fingerprint density at radius 1 is 1.12 bits per heavy atom. The van der Waals surface area contributed by atoms with E-state index in [1.807, 2.05) is 30.3 Å². The summed E-state index contributed by atoms with van der Waals surface area (Å²) in [7, 11) is 1.73. The number of fused-ring (bicyclic) bond motifs is 3. The second kappa shape index (κ2) is 7.71. The standard InChI is InChI=1S/C26H22N4O4/c1-30-20-14-28-24-21(22(20)29-26(25(30)32)11-12-33-15-26)19(13-27-24)23(31)16-7-9-18(10-8-16)34-17-5-3-2-4-6-17/h2-10,13-14,29H,11-12,15H2,1H3,(H,27,28). The molecular weight excluding hydrogens is 432 g/mol. The number of ketones is 1. The summed E-state index contributed by atoms with van der Waals surface area (Å²) in [5, 5.41) is 4.08. The number of benzene rings is 2. The van der Waals surface area contributed by atoms with E-state index in [1.54, 1.807) is 48.6 Å². The van der Waals surface area contributed by atoms with Gasteiger partial charge >= 0.3 is 0 Å². The largest absolute Gasteiger partial charge is 0.457 e. The summed E-state index contributed by atoms with van der Waals surface area (Å²) in [4.78, 5) is 35.7. The Bertz CT molecular complexity index is 1410. The normalized spacial score (nSPS) is 19.3. The van der Waals surface area contributed by atoms with Crippen LogP contribution in [0.25, 0.3) is 11.0 Å². The molecular formula is C26H22N4O4. The average Bonchev–Trinajstić information content (AvgIpc) is 3.51. The zero-order valence-corrected chi connectivity index (χ0v) is 18.5. The summed E-state index contributed by atoms with van der Waals surface area (Å²) in [5.41, 5.74) is 2.11. The summed E-state index contributed by atoms with van der Waals surface area (Å²) in [6, 6.07) is 16.5. The number of anilines is 2. The highest BCUT2D eigenvalue weighted by molar-refractivity contribution is 6.22. The van der Waals surface area contributed by atoms with Crippen LogP contribution in [0.1, 0.15) is 22.3 Å². The quantitative estimate of drug-likeness (QED) is 0.450. The lowest BCUT2D eigenvalue weighted by molar-refractivity contribution is -0.122. The number of ether oxygens (including phenoxy) is 2. The molecule has 0 aliphatic carbocycles. The molecule has 1 fully saturated rings. The molecule has 2 N–H and O–H groups in total. The van der Waals surface area contributed by atoms with Crippen molar-refractivity contribution in [3.05, 3.63) is 78.1 Å². The maximum atomic E-state index is 13.5. The molecule has 2 aliphatic heterocycles. The van der Waals surface area contributed by atoms with Gasteiger partial charge in [-0.05, 0) is 36.4 Å². The van der Waals surface area contributed by atoms with E-state index in [2.05, 4.69) is 15.3 Å². The van der Waals surface area contributed by atoms with Gasteiger partial charge in [-0.2, -0.15) is 0 Å². The van der Waals surface area contributed by atoms with Crippen molar-refractivity contribution >= 4 is 34.1 Å². The van der Waals surface area contributed by atoms with Crippen molar-refractivity contribution in [1.82, 2.24) is 9.97 Å². The summed E-state index contributed by atoms with van der Waals surface area (Å²) >= 11 is 0. The molecule has 34 heavy (non-hydrogen) atoms. The SMILES string of the molecule is CN1C(=O)C2(CCOC2)Nc2c1cnc1[nH]cc(C(=O)c3ccc(Oc4ccccc4)cc3)c21. The Labute approximate surface area is 195 Å². The number of hydrogen-bond donors (Lipinski definition) is 2. The Hall–Kier alpha value is -4.17. The number of aromatic amines is 1. The van der Waals surface area contributed by atoms with Crippen LogP contribution in [0.4, 0.5) is 11.4 Å². The summed E-state index contributed by atoms with van der Waals surface area (Å²) < 4.78 is 11.4. The highest BCUT2D eigenvalue weighted by Gasteiger charge is 2.48. The van der Waals surface area contributed by atoms with E-state index < -0.39 is 5.54 Å². The van der Waals surface area contributed by atoms with Crippen LogP contribution in [-0.2, 0) is 9.53 Å². The number of likely N-dealkylation sites (N-methyl/N-ethyl adjacent to an activating group) is 1. The van der Waals surface area contributed by atoms with Crippen molar-refractivity contribution in [2.24, 2.45) is 0 Å². The van der Waals surface area contributed by atoms with Crippen LogP contribution >= 0.6 is 0 Å². The lowest BCUT2D eigenvalue weighted by Gasteiger charge is -2.39. The number of amides is 1. The van der Waals surface area contributed by atoms with Crippen molar-refractivity contribution in [2.45, 2.75) is 12.0 Å². The van der Waals surface area contributed by atoms with E-state index in [0.29, 0.717) is 52.3 Å². The first-order valence-corrected chi connectivity index (χ1v) is 11.1. The Kier molecular flexibility index (Phi) is 4.63. The molecule has 2 aromatic heterocycles. The number of hydrogen-bond acceptors (Lipinski definition) is 6. The molecule has 0 bridgehead atoms. The van der Waals surface area contributed by atoms with Crippen molar-refractivity contribution in [2.75, 3.05) is 30.5 Å². The smallest absolute Gasteiger partial charge is 0.255 e. The van der Waals surface area contributed by atoms with E-state index in [4.69, 9.17) is 9.47 Å². The third-order valence-electron chi connectivity index (χ3n) is 6.48. The van der Waals surface area contributed by atoms with Crippen molar-refractivity contribution in [1.29, 1.82) is 0 Å². The molecule has 8 nitrogen and oxygen atoms in total. The summed E-state index contributed by atoms with van der Waals surface area (Å²) in [5.74, 6) is 1.16. The van der Waals surface area contributed by atoms with Crippen LogP contribution in [0, 0.1) is 0 Å². The number of rotatable bonds is 4. The van der Waals surface area contributed by atoms with E-state index in [1.165, 1.54) is 0 Å². The van der Waals surface area contributed by atoms with E-state index in [0.717, 1.165) is 5.75 Å². The van der Waals surface area contributed by atoms with Gasteiger partial charge in [-0.15, -0.1) is 0 Å². The van der Waals surface area contributed by atoms with E-state index >= 15 is 0 Å². The van der Waals surface area contributed by atoms with Crippen LogP contribution in [0.5, 0.6) is 11.5 Å². The minimum Gasteiger partial charge on any atom is -0.457 e. The predicted molar refractivity (Wildman–Crippen MR) is 128 cm³/mol. The lowest BCUT2D eigenvalue weighted by Crippen LogP contribution is -2.57. The maximum Gasteiger partial charge on any atom is 0.255 e. The number of H-pyrrole nitrogens is 1. The zero-order chi connectivity index (χ0) is 23.3. The van der Waals surface area contributed by atoms with Crippen LogP contribution in [0.2, 0.25) is 0 Å². The van der Waals surface area contributed by atoms with Crippen molar-refractivity contribution in [3.63, 3.8) is 0 Å². The van der Waals surface area contributed by atoms with Gasteiger partial charge in [-0.1, -0.05) is 18.2 Å². The van der Waals surface area contributed by atoms with Crippen molar-refractivity contribution in [3.8, 4) is 11.5 Å². The van der Waals surface area contributed by atoms with Crippen LogP contribution in [0.15, 0.2) is 67.0 Å². The monoisotopic (exact) mass is 454 g/mol. The first-order chi connectivity index (χ1) is 16.6. The fourth-order valence-corrected chi connectivity index (χ4v) is 4.66. The van der Waals surface area contributed by atoms with Gasteiger partial charge in [0, 0.05) is 31.8 Å². The minimum atomic E-state index is -0.829. The highest BCUT2D eigenvalue weighted by Crippen LogP contribution is 2.43. The minimum absolute atomic E-state index is 0.0592. The molecule has 170 valence electrons. The second-order valence-electron chi connectivity index (χ2n) is 8.59. The Balaban J connectivity index is 1.37. The number of carbonyl (C=O) groups excluding carboxylic acids is 2. The molecule has 1 spiro atoms. The van der Waals surface area contributed by atoms with Gasteiger partial charge in [0.05, 0.1) is 35.1 Å². The van der Waals surface area contributed by atoms with E-state index in [9.17, 15) is 9.59 Å². The number of nitrogens with zero attached hydrogens (tertiary/aromatic N) is 2. The van der Waals surface area contributed by atoms with Gasteiger partial charge < -0.3 is 24.7 Å². The van der Waals surface area contributed by atoms with Crippen LogP contribution in [-0.4, -0.2) is 47.5 Å². The van der Waals surface area contributed by atoms with Crippen LogP contribution in [0.3, 0.4) is 0 Å². The third-order valence-corrected chi connectivity index (χ3v) is 6.48. The second-order valence-corrected chi connectivity index (χ2v) is 8.59. The number of nitrogens with one attached hydrogen (secondary N) is 2. The molecule has 1 atom stereocenters. The average molecular weight is 454 g/mol. The lowest BCUT2D eigenvalue weighted by atomic mass is 9.92. The molecule has 1 saturated heterocycles. The fraction of sp³-hybridized carbons (Fsp3) is 0.192. The van der Waals surface area contributed by atoms with Gasteiger partial charge in [-0.25, -0.2) is 4.98 Å². The zero-order valence-electron chi connectivity index (χ0n) is 18.5. The molecule has 1 unspecified atom stereocenters. The first kappa shape index (κ1) is 20.4. The number of pyridine rings is 1. The first-order valence-electron chi connectivity index (χ1n) is 11.1. The van der Waals surface area contributed by atoms with Crippen molar-refractivity contribution < 1.29 is 19.1 Å². The molecule has 0 saturated carbocycles. The van der Waals surface area contributed by atoms with Crippen LogP contribution < -0.4 is 15.0 Å². The maximum absolute atomic E-state index is 13.5. The molecule has 0 radical (unpaired) electrons. The summed E-state index contributed by atoms with van der Waals surface area (Å²) in [6.07, 6.45) is 3.88. The van der Waals surface area contributed by atoms with E-state index in [-0.39, 0.29) is 18.3 Å². The molecule has 1 amide bonds. The van der Waals surface area contributed by atoms with Gasteiger partial charge in [0.2, 0.25) is 0 Å². The van der Waals surface area contributed by atoms with Gasteiger partial charge in [0.15, 0.2) is 5.78 Å². The molecule has 2 aromatic carbocycles. The highest BCUT2D eigenvalue weighted by atomic mass is 16.5. The molecule has 4 heterocycles. The predicted octanol–water partition coefficient (Wildman–Crippen LogP) is 4.13. The molecule has 2 aliphatic rings.